The topological polar surface area (TPSA) is 79.2 Å². The fourth-order valence-corrected chi connectivity index (χ4v) is 2.49. The minimum Gasteiger partial charge on any atom is -0.462 e. The predicted molar refractivity (Wildman–Crippen MR) is 76.9 cm³/mol. The van der Waals surface area contributed by atoms with Crippen molar-refractivity contribution in [2.45, 2.75) is 37.6 Å². The van der Waals surface area contributed by atoms with Crippen molar-refractivity contribution in [1.29, 1.82) is 0 Å². The normalized spacial score (nSPS) is 33.0. The predicted octanol–water partition coefficient (Wildman–Crippen LogP) is 1.05. The minimum absolute atomic E-state index is 0.536. The molecule has 5 atom stereocenters. The second kappa shape index (κ2) is 5.61. The first-order chi connectivity index (χ1) is 10.1. The van der Waals surface area contributed by atoms with E-state index < -0.39 is 30.7 Å². The van der Waals surface area contributed by atoms with Crippen LogP contribution in [0.25, 0.3) is 10.8 Å². The summed E-state index contributed by atoms with van der Waals surface area (Å²) in [6.45, 7) is 1.62. The largest absolute Gasteiger partial charge is 0.462 e. The number of aliphatic hydroxyl groups is 3. The van der Waals surface area contributed by atoms with Gasteiger partial charge in [-0.05, 0) is 29.8 Å². The summed E-state index contributed by atoms with van der Waals surface area (Å²) in [6, 6.07) is 13.4. The monoisotopic (exact) mass is 290 g/mol. The van der Waals surface area contributed by atoms with Gasteiger partial charge in [0.25, 0.3) is 0 Å². The summed E-state index contributed by atoms with van der Waals surface area (Å²) in [5.41, 5.74) is 0. The Labute approximate surface area is 122 Å². The van der Waals surface area contributed by atoms with E-state index in [9.17, 15) is 15.3 Å². The lowest BCUT2D eigenvalue weighted by molar-refractivity contribution is -0.268. The van der Waals surface area contributed by atoms with Crippen molar-refractivity contribution < 1.29 is 24.8 Å². The summed E-state index contributed by atoms with van der Waals surface area (Å²) in [4.78, 5) is 0. The second-order valence-corrected chi connectivity index (χ2v) is 5.31. The zero-order valence-corrected chi connectivity index (χ0v) is 11.6. The summed E-state index contributed by atoms with van der Waals surface area (Å²) in [5, 5.41) is 31.5. The molecule has 0 aliphatic carbocycles. The van der Waals surface area contributed by atoms with E-state index in [-0.39, 0.29) is 0 Å². The van der Waals surface area contributed by atoms with Gasteiger partial charge in [-0.25, -0.2) is 0 Å². The fourth-order valence-electron chi connectivity index (χ4n) is 2.49. The first-order valence-electron chi connectivity index (χ1n) is 6.91. The lowest BCUT2D eigenvalue weighted by Gasteiger charge is -2.38. The average molecular weight is 290 g/mol. The molecule has 1 heterocycles. The molecule has 2 aromatic carbocycles. The van der Waals surface area contributed by atoms with Crippen LogP contribution < -0.4 is 4.74 Å². The van der Waals surface area contributed by atoms with Crippen LogP contribution in [0.5, 0.6) is 5.75 Å². The molecular weight excluding hydrogens is 272 g/mol. The van der Waals surface area contributed by atoms with Crippen LogP contribution in [-0.2, 0) is 4.74 Å². The van der Waals surface area contributed by atoms with Crippen molar-refractivity contribution in [3.05, 3.63) is 42.5 Å². The van der Waals surface area contributed by atoms with Gasteiger partial charge in [0.2, 0.25) is 6.29 Å². The molecule has 1 aliphatic rings. The fraction of sp³-hybridized carbons (Fsp3) is 0.375. The van der Waals surface area contributed by atoms with Crippen LogP contribution in [0.4, 0.5) is 0 Å². The standard InChI is InChI=1S/C16H18O5/c1-9-13(17)14(18)15(19)16(20-9)21-12-7-6-10-4-2-3-5-11(10)8-12/h2-9,13-19H,1H3/t9-,13+,14-,15-,16-/m0/s1. The van der Waals surface area contributed by atoms with Crippen molar-refractivity contribution in [2.24, 2.45) is 0 Å². The van der Waals surface area contributed by atoms with Crippen molar-refractivity contribution in [1.82, 2.24) is 0 Å². The number of hydrogen-bond donors (Lipinski definition) is 3. The van der Waals surface area contributed by atoms with Gasteiger partial charge in [0.1, 0.15) is 24.1 Å². The Morgan fingerprint density at radius 1 is 0.905 bits per heavy atom. The maximum absolute atomic E-state index is 9.94. The summed E-state index contributed by atoms with van der Waals surface area (Å²) < 4.78 is 11.0. The molecule has 0 unspecified atom stereocenters. The van der Waals surface area contributed by atoms with E-state index in [0.717, 1.165) is 10.8 Å². The van der Waals surface area contributed by atoms with E-state index in [0.29, 0.717) is 5.75 Å². The molecule has 1 saturated heterocycles. The maximum atomic E-state index is 9.94. The van der Waals surface area contributed by atoms with Crippen molar-refractivity contribution >= 4 is 10.8 Å². The van der Waals surface area contributed by atoms with Crippen LogP contribution in [0.1, 0.15) is 6.92 Å². The van der Waals surface area contributed by atoms with E-state index in [1.165, 1.54) is 0 Å². The van der Waals surface area contributed by atoms with E-state index in [2.05, 4.69) is 0 Å². The molecule has 5 heteroatoms. The third kappa shape index (κ3) is 2.73. The molecule has 0 bridgehead atoms. The summed E-state index contributed by atoms with van der Waals surface area (Å²) in [7, 11) is 0. The van der Waals surface area contributed by atoms with Gasteiger partial charge in [-0.15, -0.1) is 0 Å². The van der Waals surface area contributed by atoms with Crippen molar-refractivity contribution in [2.75, 3.05) is 0 Å². The highest BCUT2D eigenvalue weighted by Gasteiger charge is 2.43. The Morgan fingerprint density at radius 3 is 2.38 bits per heavy atom. The maximum Gasteiger partial charge on any atom is 0.229 e. The lowest BCUT2D eigenvalue weighted by Crippen LogP contribution is -2.58. The van der Waals surface area contributed by atoms with E-state index >= 15 is 0 Å². The van der Waals surface area contributed by atoms with Gasteiger partial charge < -0.3 is 24.8 Å². The van der Waals surface area contributed by atoms with Gasteiger partial charge in [0.15, 0.2) is 0 Å². The molecule has 0 saturated carbocycles. The number of benzene rings is 2. The van der Waals surface area contributed by atoms with Gasteiger partial charge in [-0.2, -0.15) is 0 Å². The zero-order valence-electron chi connectivity index (χ0n) is 11.6. The summed E-state index contributed by atoms with van der Waals surface area (Å²) in [5.74, 6) is 0.536. The zero-order chi connectivity index (χ0) is 15.0. The Morgan fingerprint density at radius 2 is 1.62 bits per heavy atom. The van der Waals surface area contributed by atoms with Gasteiger partial charge in [-0.3, -0.25) is 0 Å². The van der Waals surface area contributed by atoms with Crippen molar-refractivity contribution in [3.63, 3.8) is 0 Å². The number of rotatable bonds is 2. The van der Waals surface area contributed by atoms with Crippen LogP contribution in [0.15, 0.2) is 42.5 Å². The first kappa shape index (κ1) is 14.3. The molecule has 0 radical (unpaired) electrons. The highest BCUT2D eigenvalue weighted by molar-refractivity contribution is 5.83. The molecule has 21 heavy (non-hydrogen) atoms. The van der Waals surface area contributed by atoms with Crippen LogP contribution in [0.2, 0.25) is 0 Å². The van der Waals surface area contributed by atoms with Gasteiger partial charge >= 0.3 is 0 Å². The van der Waals surface area contributed by atoms with Gasteiger partial charge in [0, 0.05) is 0 Å². The number of fused-ring (bicyclic) bond motifs is 1. The number of ether oxygens (including phenoxy) is 2. The van der Waals surface area contributed by atoms with Crippen LogP contribution in [0.3, 0.4) is 0 Å². The SMILES string of the molecule is C[C@@H]1O[C@@H](Oc2ccc3ccccc3c2)[C@@H](O)[C@@H](O)[C@@H]1O. The molecule has 112 valence electrons. The highest BCUT2D eigenvalue weighted by Crippen LogP contribution is 2.26. The Kier molecular flexibility index (Phi) is 3.82. The molecule has 0 amide bonds. The smallest absolute Gasteiger partial charge is 0.229 e. The quantitative estimate of drug-likeness (QED) is 0.770. The molecule has 1 aliphatic heterocycles. The van der Waals surface area contributed by atoms with Crippen LogP contribution in [-0.4, -0.2) is 46.0 Å². The van der Waals surface area contributed by atoms with E-state index in [4.69, 9.17) is 9.47 Å². The summed E-state index contributed by atoms with van der Waals surface area (Å²) >= 11 is 0. The van der Waals surface area contributed by atoms with Crippen LogP contribution >= 0.6 is 0 Å². The Balaban J connectivity index is 1.81. The third-order valence-corrected chi connectivity index (χ3v) is 3.78. The molecule has 0 spiro atoms. The van der Waals surface area contributed by atoms with Crippen LogP contribution in [0, 0.1) is 0 Å². The van der Waals surface area contributed by atoms with E-state index in [1.54, 1.807) is 13.0 Å². The molecular formula is C16H18O5. The minimum atomic E-state index is -1.30. The average Bonchev–Trinajstić information content (AvgIpc) is 2.50. The molecule has 2 aromatic rings. The van der Waals surface area contributed by atoms with E-state index in [1.807, 2.05) is 36.4 Å². The third-order valence-electron chi connectivity index (χ3n) is 3.78. The molecule has 1 fully saturated rings. The van der Waals surface area contributed by atoms with Crippen molar-refractivity contribution in [3.8, 4) is 5.75 Å². The Hall–Kier alpha value is -1.66. The number of aliphatic hydroxyl groups excluding tert-OH is 3. The molecule has 3 N–H and O–H groups in total. The molecule has 5 nitrogen and oxygen atoms in total. The second-order valence-electron chi connectivity index (χ2n) is 5.31. The Bertz CT molecular complexity index is 629. The highest BCUT2D eigenvalue weighted by atomic mass is 16.7. The molecule has 3 rings (SSSR count). The molecule has 0 aromatic heterocycles. The first-order valence-corrected chi connectivity index (χ1v) is 6.91. The van der Waals surface area contributed by atoms with Gasteiger partial charge in [0.05, 0.1) is 6.10 Å². The lowest BCUT2D eigenvalue weighted by atomic mass is 10.00. The summed E-state index contributed by atoms with van der Waals surface area (Å²) in [6.07, 6.45) is -5.35. The number of hydrogen-bond acceptors (Lipinski definition) is 5. The van der Waals surface area contributed by atoms with Gasteiger partial charge in [-0.1, -0.05) is 30.3 Å².